The van der Waals surface area contributed by atoms with E-state index < -0.39 is 18.1 Å². The second-order valence-electron chi connectivity index (χ2n) is 16.3. The van der Waals surface area contributed by atoms with E-state index in [4.69, 9.17) is 14.2 Å². The smallest absolute Gasteiger partial charge is 0.362 e. The standard InChI is InChI=1S/C49H85NO7/c1-6-8-10-12-14-16-18-20-21-22-23-24-25-26-28-30-32-34-36-38-40-48(52)57-45(43-55-42-41-46(49(53)54)50(3,4)5)44-56-47(51)39-37-35-33-31-29-27-19-17-15-13-11-9-7-2/h8,10,14,16,20-21,23-24,27,29,45-46H,6-7,9,11-13,15,17-19,22,25-26,28,30-44H2,1-5H3/p+1/b10-8+,16-14+,21-20+,24-23+,29-27+. The Labute approximate surface area is 349 Å². The summed E-state index contributed by atoms with van der Waals surface area (Å²) in [7, 11) is 5.51. The topological polar surface area (TPSA) is 99.1 Å². The minimum Gasteiger partial charge on any atom is -0.477 e. The van der Waals surface area contributed by atoms with Gasteiger partial charge in [0.15, 0.2) is 12.1 Å². The van der Waals surface area contributed by atoms with E-state index in [1.54, 1.807) is 0 Å². The number of ether oxygens (including phenoxy) is 3. The molecule has 8 nitrogen and oxygen atoms in total. The molecule has 0 aromatic carbocycles. The molecular formula is C49H86NO7+. The van der Waals surface area contributed by atoms with Crippen LogP contribution in [0.3, 0.4) is 0 Å². The number of esters is 2. The van der Waals surface area contributed by atoms with Crippen molar-refractivity contribution in [2.24, 2.45) is 0 Å². The lowest BCUT2D eigenvalue weighted by molar-refractivity contribution is -0.887. The number of carbonyl (C=O) groups excluding carboxylic acids is 2. The van der Waals surface area contributed by atoms with Crippen molar-refractivity contribution in [1.82, 2.24) is 0 Å². The van der Waals surface area contributed by atoms with Crippen LogP contribution in [0.15, 0.2) is 60.8 Å². The summed E-state index contributed by atoms with van der Waals surface area (Å²) in [6, 6.07) is -0.620. The first kappa shape index (κ1) is 54.0. The third-order valence-corrected chi connectivity index (χ3v) is 9.90. The predicted molar refractivity (Wildman–Crippen MR) is 238 cm³/mol. The van der Waals surface area contributed by atoms with Gasteiger partial charge in [-0.3, -0.25) is 9.59 Å². The second-order valence-corrected chi connectivity index (χ2v) is 16.3. The van der Waals surface area contributed by atoms with Gasteiger partial charge in [-0.1, -0.05) is 145 Å². The molecule has 0 spiro atoms. The zero-order chi connectivity index (χ0) is 42.1. The molecule has 0 aliphatic rings. The highest BCUT2D eigenvalue weighted by Crippen LogP contribution is 2.13. The fraction of sp³-hybridized carbons (Fsp3) is 0.735. The number of nitrogens with zero attached hydrogens (tertiary/aromatic N) is 1. The number of allylic oxidation sites excluding steroid dienone is 10. The normalized spacial score (nSPS) is 13.5. The summed E-state index contributed by atoms with van der Waals surface area (Å²) < 4.78 is 17.3. The van der Waals surface area contributed by atoms with Gasteiger partial charge in [0.1, 0.15) is 6.61 Å². The molecule has 328 valence electrons. The molecule has 1 N–H and O–H groups in total. The number of hydrogen-bond acceptors (Lipinski definition) is 6. The molecule has 0 bridgehead atoms. The maximum absolute atomic E-state index is 12.7. The molecule has 0 fully saturated rings. The van der Waals surface area contributed by atoms with Crippen LogP contribution in [0.5, 0.6) is 0 Å². The first-order valence-corrected chi connectivity index (χ1v) is 22.8. The number of rotatable bonds is 40. The van der Waals surface area contributed by atoms with E-state index in [0.717, 1.165) is 89.9 Å². The van der Waals surface area contributed by atoms with Gasteiger partial charge >= 0.3 is 17.9 Å². The van der Waals surface area contributed by atoms with Crippen LogP contribution in [-0.2, 0) is 28.6 Å². The van der Waals surface area contributed by atoms with Crippen molar-refractivity contribution < 1.29 is 38.2 Å². The van der Waals surface area contributed by atoms with Gasteiger partial charge in [-0.2, -0.15) is 0 Å². The number of unbranched alkanes of at least 4 members (excludes halogenated alkanes) is 16. The largest absolute Gasteiger partial charge is 0.477 e. The highest BCUT2D eigenvalue weighted by atomic mass is 16.6. The lowest BCUT2D eigenvalue weighted by Gasteiger charge is -2.31. The SMILES string of the molecule is CC/C=C/C/C=C/C/C=C/C/C=C/CCCCCCCCCC(=O)OC(COCCC(C(=O)O)[N+](C)(C)C)COC(=O)CCCCC/C=C/CCCCCCCC. The van der Waals surface area contributed by atoms with Crippen molar-refractivity contribution in [3.63, 3.8) is 0 Å². The highest BCUT2D eigenvalue weighted by Gasteiger charge is 2.31. The molecule has 0 aromatic heterocycles. The Balaban J connectivity index is 4.35. The van der Waals surface area contributed by atoms with Gasteiger partial charge in [-0.15, -0.1) is 0 Å². The Morgan fingerprint density at radius 3 is 1.49 bits per heavy atom. The van der Waals surface area contributed by atoms with Crippen LogP contribution in [0.1, 0.15) is 181 Å². The summed E-state index contributed by atoms with van der Waals surface area (Å²) in [6.45, 7) is 4.58. The third kappa shape index (κ3) is 38.3. The molecule has 8 heteroatoms. The van der Waals surface area contributed by atoms with Gasteiger partial charge < -0.3 is 23.8 Å². The van der Waals surface area contributed by atoms with Gasteiger partial charge in [0.05, 0.1) is 34.4 Å². The molecule has 0 amide bonds. The predicted octanol–water partition coefficient (Wildman–Crippen LogP) is 12.6. The van der Waals surface area contributed by atoms with Crippen LogP contribution in [0.2, 0.25) is 0 Å². The van der Waals surface area contributed by atoms with Crippen molar-refractivity contribution in [2.75, 3.05) is 41.0 Å². The summed E-state index contributed by atoms with van der Waals surface area (Å²) in [5.41, 5.74) is 0. The van der Waals surface area contributed by atoms with Crippen molar-refractivity contribution in [2.45, 2.75) is 193 Å². The van der Waals surface area contributed by atoms with E-state index in [9.17, 15) is 19.5 Å². The molecule has 0 aromatic rings. The van der Waals surface area contributed by atoms with Gasteiger partial charge in [0, 0.05) is 19.3 Å². The maximum atomic E-state index is 12.7. The van der Waals surface area contributed by atoms with Crippen LogP contribution < -0.4 is 0 Å². The van der Waals surface area contributed by atoms with Crippen molar-refractivity contribution in [3.05, 3.63) is 60.8 Å². The van der Waals surface area contributed by atoms with Gasteiger partial charge in [-0.05, 0) is 77.0 Å². The molecule has 0 heterocycles. The summed E-state index contributed by atoms with van der Waals surface area (Å²) in [6.07, 6.45) is 48.3. The first-order valence-electron chi connectivity index (χ1n) is 22.8. The number of quaternary nitrogens is 1. The quantitative estimate of drug-likeness (QED) is 0.0285. The van der Waals surface area contributed by atoms with E-state index in [1.165, 1.54) is 57.8 Å². The Morgan fingerprint density at radius 1 is 0.544 bits per heavy atom. The van der Waals surface area contributed by atoms with E-state index in [2.05, 4.69) is 74.6 Å². The van der Waals surface area contributed by atoms with Gasteiger partial charge in [0.25, 0.3) is 0 Å². The second kappa shape index (κ2) is 39.8. The van der Waals surface area contributed by atoms with Crippen LogP contribution in [0.25, 0.3) is 0 Å². The zero-order valence-electron chi connectivity index (χ0n) is 37.3. The average molecular weight is 801 g/mol. The molecule has 0 aliphatic heterocycles. The minimum absolute atomic E-state index is 0.0501. The average Bonchev–Trinajstić information content (AvgIpc) is 3.17. The Bertz CT molecular complexity index is 1120. The zero-order valence-corrected chi connectivity index (χ0v) is 37.3. The monoisotopic (exact) mass is 801 g/mol. The molecular weight excluding hydrogens is 715 g/mol. The Morgan fingerprint density at radius 2 is 0.982 bits per heavy atom. The number of carboxylic acid groups (broad SMARTS) is 1. The van der Waals surface area contributed by atoms with Crippen molar-refractivity contribution in [1.29, 1.82) is 0 Å². The van der Waals surface area contributed by atoms with Crippen LogP contribution in [-0.4, -0.2) is 80.6 Å². The molecule has 2 unspecified atom stereocenters. The summed E-state index contributed by atoms with van der Waals surface area (Å²) in [5, 5.41) is 9.62. The van der Waals surface area contributed by atoms with Crippen molar-refractivity contribution >= 4 is 17.9 Å². The van der Waals surface area contributed by atoms with E-state index in [-0.39, 0.29) is 36.2 Å². The molecule has 0 radical (unpaired) electrons. The molecule has 0 saturated heterocycles. The lowest BCUT2D eigenvalue weighted by Crippen LogP contribution is -2.50. The maximum Gasteiger partial charge on any atom is 0.362 e. The fourth-order valence-electron chi connectivity index (χ4n) is 6.37. The molecule has 0 aliphatic carbocycles. The Kier molecular flexibility index (Phi) is 37.8. The summed E-state index contributed by atoms with van der Waals surface area (Å²) >= 11 is 0. The minimum atomic E-state index is -0.881. The van der Waals surface area contributed by atoms with E-state index >= 15 is 0 Å². The molecule has 0 rings (SSSR count). The molecule has 0 saturated carbocycles. The number of aliphatic carboxylic acids is 1. The third-order valence-electron chi connectivity index (χ3n) is 9.90. The highest BCUT2D eigenvalue weighted by molar-refractivity contribution is 5.72. The summed E-state index contributed by atoms with van der Waals surface area (Å²) in [4.78, 5) is 37.0. The van der Waals surface area contributed by atoms with Crippen LogP contribution >= 0.6 is 0 Å². The fourth-order valence-corrected chi connectivity index (χ4v) is 6.37. The first-order chi connectivity index (χ1) is 27.6. The van der Waals surface area contributed by atoms with Crippen LogP contribution in [0.4, 0.5) is 0 Å². The van der Waals surface area contributed by atoms with E-state index in [0.29, 0.717) is 19.3 Å². The van der Waals surface area contributed by atoms with Gasteiger partial charge in [-0.25, -0.2) is 4.79 Å². The summed E-state index contributed by atoms with van der Waals surface area (Å²) in [5.74, 6) is -1.50. The van der Waals surface area contributed by atoms with Gasteiger partial charge in [0.2, 0.25) is 0 Å². The van der Waals surface area contributed by atoms with Crippen molar-refractivity contribution in [3.8, 4) is 0 Å². The number of likely N-dealkylation sites (N-methyl/N-ethyl adjacent to an activating group) is 1. The number of carbonyl (C=O) groups is 3. The lowest BCUT2D eigenvalue weighted by atomic mass is 10.1. The molecule has 2 atom stereocenters. The number of hydrogen-bond donors (Lipinski definition) is 1. The van der Waals surface area contributed by atoms with E-state index in [1.807, 2.05) is 21.1 Å². The Hall–Kier alpha value is -2.97. The molecule has 57 heavy (non-hydrogen) atoms. The van der Waals surface area contributed by atoms with Crippen LogP contribution in [0, 0.1) is 0 Å². The number of carboxylic acids is 1.